The molecule has 9 heteroatoms. The van der Waals surface area contributed by atoms with Crippen LogP contribution in [0.3, 0.4) is 0 Å². The summed E-state index contributed by atoms with van der Waals surface area (Å²) in [6, 6.07) is 13.7. The van der Waals surface area contributed by atoms with Crippen molar-refractivity contribution in [1.29, 1.82) is 0 Å². The third-order valence-electron chi connectivity index (χ3n) is 4.02. The first-order valence-corrected chi connectivity index (χ1v) is 9.43. The second-order valence-corrected chi connectivity index (χ2v) is 6.67. The number of nitrogens with zero attached hydrogens (tertiary/aromatic N) is 5. The molecule has 2 heterocycles. The predicted molar refractivity (Wildman–Crippen MR) is 106 cm³/mol. The van der Waals surface area contributed by atoms with Crippen LogP contribution in [0.25, 0.3) is 17.2 Å². The van der Waals surface area contributed by atoms with Crippen LogP contribution < -0.4 is 10.1 Å². The molecule has 0 radical (unpaired) electrons. The van der Waals surface area contributed by atoms with Crippen LogP contribution in [0.1, 0.15) is 12.6 Å². The number of anilines is 2. The van der Waals surface area contributed by atoms with E-state index in [1.165, 1.54) is 23.7 Å². The zero-order chi connectivity index (χ0) is 19.5. The summed E-state index contributed by atoms with van der Waals surface area (Å²) in [4.78, 5) is 4.47. The van der Waals surface area contributed by atoms with Gasteiger partial charge in [0.2, 0.25) is 5.13 Å². The van der Waals surface area contributed by atoms with E-state index in [1.807, 2.05) is 38.1 Å². The van der Waals surface area contributed by atoms with Crippen molar-refractivity contribution < 1.29 is 9.13 Å². The lowest BCUT2D eigenvalue weighted by Crippen LogP contribution is -1.99. The van der Waals surface area contributed by atoms with Gasteiger partial charge < -0.3 is 10.1 Å². The Balaban J connectivity index is 1.55. The fraction of sp³-hybridized carbons (Fsp3) is 0.158. The van der Waals surface area contributed by atoms with E-state index in [4.69, 9.17) is 4.74 Å². The molecule has 0 saturated heterocycles. The van der Waals surface area contributed by atoms with Crippen LogP contribution in [0.4, 0.5) is 15.2 Å². The molecule has 0 aliphatic rings. The lowest BCUT2D eigenvalue weighted by atomic mass is 10.2. The SMILES string of the molecule is CCOc1ccc(-n2nnc(-c3nsc(Nc4ccc(F)cc4)n3)c2C)cc1. The van der Waals surface area contributed by atoms with Gasteiger partial charge in [-0.1, -0.05) is 5.21 Å². The van der Waals surface area contributed by atoms with Gasteiger partial charge in [0, 0.05) is 17.2 Å². The monoisotopic (exact) mass is 396 g/mol. The van der Waals surface area contributed by atoms with E-state index in [9.17, 15) is 4.39 Å². The van der Waals surface area contributed by atoms with Crippen LogP contribution in [0.5, 0.6) is 5.75 Å². The van der Waals surface area contributed by atoms with E-state index in [-0.39, 0.29) is 5.82 Å². The molecule has 28 heavy (non-hydrogen) atoms. The lowest BCUT2D eigenvalue weighted by molar-refractivity contribution is 0.340. The van der Waals surface area contributed by atoms with Crippen LogP contribution in [-0.2, 0) is 0 Å². The topological polar surface area (TPSA) is 77.8 Å². The number of aromatic nitrogens is 5. The lowest BCUT2D eigenvalue weighted by Gasteiger charge is -2.06. The van der Waals surface area contributed by atoms with E-state index < -0.39 is 0 Å². The summed E-state index contributed by atoms with van der Waals surface area (Å²) < 4.78 is 24.6. The second-order valence-electron chi connectivity index (χ2n) is 5.92. The molecule has 0 spiro atoms. The number of rotatable bonds is 6. The van der Waals surface area contributed by atoms with Crippen molar-refractivity contribution in [1.82, 2.24) is 24.4 Å². The fourth-order valence-electron chi connectivity index (χ4n) is 2.66. The smallest absolute Gasteiger partial charge is 0.207 e. The first-order chi connectivity index (χ1) is 13.6. The molecule has 0 fully saturated rings. The standard InChI is InChI=1S/C19H17FN6OS/c1-3-27-16-10-8-15(9-11-16)26-12(2)17(23-25-26)18-22-19(28-24-18)21-14-6-4-13(20)5-7-14/h4-11H,3H2,1-2H3,(H,21,22,24). The average Bonchev–Trinajstić information content (AvgIpc) is 3.31. The van der Waals surface area contributed by atoms with Gasteiger partial charge >= 0.3 is 0 Å². The first-order valence-electron chi connectivity index (χ1n) is 8.66. The zero-order valence-electron chi connectivity index (χ0n) is 15.3. The van der Waals surface area contributed by atoms with Crippen molar-refractivity contribution >= 4 is 22.4 Å². The highest BCUT2D eigenvalue weighted by molar-refractivity contribution is 7.09. The minimum atomic E-state index is -0.287. The summed E-state index contributed by atoms with van der Waals surface area (Å²) in [7, 11) is 0. The highest BCUT2D eigenvalue weighted by atomic mass is 32.1. The quantitative estimate of drug-likeness (QED) is 0.521. The van der Waals surface area contributed by atoms with Crippen LogP contribution in [-0.4, -0.2) is 31.0 Å². The van der Waals surface area contributed by atoms with Crippen LogP contribution in [0.2, 0.25) is 0 Å². The Morgan fingerprint density at radius 1 is 1.11 bits per heavy atom. The van der Waals surface area contributed by atoms with E-state index >= 15 is 0 Å². The largest absolute Gasteiger partial charge is 0.494 e. The van der Waals surface area contributed by atoms with Gasteiger partial charge in [-0.15, -0.1) is 5.10 Å². The Kier molecular flexibility index (Phi) is 4.98. The number of benzene rings is 2. The normalized spacial score (nSPS) is 10.8. The maximum Gasteiger partial charge on any atom is 0.207 e. The summed E-state index contributed by atoms with van der Waals surface area (Å²) in [5.74, 6) is 1.01. The molecule has 0 aliphatic heterocycles. The van der Waals surface area contributed by atoms with Crippen LogP contribution in [0, 0.1) is 12.7 Å². The minimum absolute atomic E-state index is 0.287. The second kappa shape index (κ2) is 7.73. The van der Waals surface area contributed by atoms with Gasteiger partial charge in [0.05, 0.1) is 18.0 Å². The van der Waals surface area contributed by atoms with Crippen LogP contribution >= 0.6 is 11.5 Å². The Labute approximate surface area is 165 Å². The summed E-state index contributed by atoms with van der Waals surface area (Å²) in [5, 5.41) is 12.2. The maximum absolute atomic E-state index is 13.0. The summed E-state index contributed by atoms with van der Waals surface area (Å²) in [5.41, 5.74) is 3.05. The highest BCUT2D eigenvalue weighted by Gasteiger charge is 2.17. The number of nitrogens with one attached hydrogen (secondary N) is 1. The van der Waals surface area contributed by atoms with Gasteiger partial charge in [-0.2, -0.15) is 9.36 Å². The van der Waals surface area contributed by atoms with Gasteiger partial charge in [0.15, 0.2) is 11.5 Å². The van der Waals surface area contributed by atoms with Crippen molar-refractivity contribution in [2.75, 3.05) is 11.9 Å². The van der Waals surface area contributed by atoms with Crippen LogP contribution in [0.15, 0.2) is 48.5 Å². The first kappa shape index (κ1) is 18.1. The third kappa shape index (κ3) is 3.70. The van der Waals surface area contributed by atoms with E-state index in [0.717, 1.165) is 22.8 Å². The van der Waals surface area contributed by atoms with Gasteiger partial charge in [0.25, 0.3) is 0 Å². The molecule has 142 valence electrons. The maximum atomic E-state index is 13.0. The van der Waals surface area contributed by atoms with Crippen molar-refractivity contribution in [3.63, 3.8) is 0 Å². The Bertz CT molecular complexity index is 1070. The average molecular weight is 396 g/mol. The van der Waals surface area contributed by atoms with Crippen molar-refractivity contribution in [2.45, 2.75) is 13.8 Å². The third-order valence-corrected chi connectivity index (χ3v) is 4.65. The number of hydrogen-bond acceptors (Lipinski definition) is 7. The highest BCUT2D eigenvalue weighted by Crippen LogP contribution is 2.26. The zero-order valence-corrected chi connectivity index (χ0v) is 16.1. The van der Waals surface area contributed by atoms with Crippen molar-refractivity contribution in [3.8, 4) is 23.0 Å². The molecule has 7 nitrogen and oxygen atoms in total. The van der Waals surface area contributed by atoms with Crippen molar-refractivity contribution in [2.24, 2.45) is 0 Å². The van der Waals surface area contributed by atoms with Gasteiger partial charge in [0.1, 0.15) is 11.6 Å². The fourth-order valence-corrected chi connectivity index (χ4v) is 3.25. The molecule has 0 amide bonds. The summed E-state index contributed by atoms with van der Waals surface area (Å²) in [6.45, 7) is 4.48. The van der Waals surface area contributed by atoms with Gasteiger partial charge in [-0.3, -0.25) is 0 Å². The van der Waals surface area contributed by atoms with Crippen molar-refractivity contribution in [3.05, 3.63) is 60.0 Å². The van der Waals surface area contributed by atoms with Gasteiger partial charge in [-0.25, -0.2) is 9.07 Å². The predicted octanol–water partition coefficient (Wildman–Crippen LogP) is 4.38. The minimum Gasteiger partial charge on any atom is -0.494 e. The summed E-state index contributed by atoms with van der Waals surface area (Å²) in [6.07, 6.45) is 0. The number of hydrogen-bond donors (Lipinski definition) is 1. The summed E-state index contributed by atoms with van der Waals surface area (Å²) >= 11 is 1.21. The Morgan fingerprint density at radius 3 is 2.57 bits per heavy atom. The Morgan fingerprint density at radius 2 is 1.86 bits per heavy atom. The van der Waals surface area contributed by atoms with E-state index in [1.54, 1.807) is 16.8 Å². The molecular weight excluding hydrogens is 379 g/mol. The molecule has 0 unspecified atom stereocenters. The number of halogens is 1. The molecule has 2 aromatic heterocycles. The molecule has 4 aromatic rings. The molecule has 4 rings (SSSR count). The van der Waals surface area contributed by atoms with E-state index in [2.05, 4.69) is 25.0 Å². The van der Waals surface area contributed by atoms with Gasteiger partial charge in [-0.05, 0) is 62.4 Å². The number of ether oxygens (including phenoxy) is 1. The molecule has 1 N–H and O–H groups in total. The molecule has 0 aliphatic carbocycles. The van der Waals surface area contributed by atoms with E-state index in [0.29, 0.717) is 23.3 Å². The molecule has 0 saturated carbocycles. The molecule has 0 bridgehead atoms. The Hall–Kier alpha value is -3.33. The molecule has 2 aromatic carbocycles. The molecular formula is C19H17FN6OS. The molecule has 0 atom stereocenters.